The molecule has 0 fully saturated rings. The number of alkyl halides is 3. The third-order valence-electron chi connectivity index (χ3n) is 4.64. The molecule has 0 aliphatic carbocycles. The second kappa shape index (κ2) is 4.99. The number of rotatable bonds is 1. The van der Waals surface area contributed by atoms with Crippen LogP contribution in [0.1, 0.15) is 18.9 Å². The Morgan fingerprint density at radius 1 is 1.17 bits per heavy atom. The maximum atomic E-state index is 13.2. The number of halogens is 4. The second-order valence-electron chi connectivity index (χ2n) is 6.53. The molecular formula is C18H14ClF3N2. The van der Waals surface area contributed by atoms with Crippen molar-refractivity contribution >= 4 is 22.6 Å². The van der Waals surface area contributed by atoms with Crippen molar-refractivity contribution in [2.75, 3.05) is 0 Å². The van der Waals surface area contributed by atoms with E-state index in [-0.39, 0.29) is 6.54 Å². The highest BCUT2D eigenvalue weighted by Crippen LogP contribution is 2.48. The summed E-state index contributed by atoms with van der Waals surface area (Å²) >= 11 is 6.36. The summed E-state index contributed by atoms with van der Waals surface area (Å²) in [5.74, 6) is 0.636. The van der Waals surface area contributed by atoms with Crippen LogP contribution in [-0.2, 0) is 12.0 Å². The van der Waals surface area contributed by atoms with Crippen LogP contribution in [0.4, 0.5) is 13.2 Å². The van der Waals surface area contributed by atoms with Gasteiger partial charge in [0, 0.05) is 17.5 Å². The van der Waals surface area contributed by atoms with Gasteiger partial charge in [0.2, 0.25) is 0 Å². The van der Waals surface area contributed by atoms with E-state index in [9.17, 15) is 13.2 Å². The van der Waals surface area contributed by atoms with Crippen molar-refractivity contribution in [2.24, 2.45) is 0 Å². The molecule has 2 nitrogen and oxygen atoms in total. The van der Waals surface area contributed by atoms with Gasteiger partial charge in [-0.15, -0.1) is 0 Å². The van der Waals surface area contributed by atoms with Gasteiger partial charge in [0.1, 0.15) is 5.82 Å². The maximum Gasteiger partial charge on any atom is 0.390 e. The van der Waals surface area contributed by atoms with Crippen LogP contribution in [0.15, 0.2) is 42.5 Å². The van der Waals surface area contributed by atoms with Gasteiger partial charge >= 0.3 is 6.18 Å². The Morgan fingerprint density at radius 2 is 1.92 bits per heavy atom. The first kappa shape index (κ1) is 15.5. The summed E-state index contributed by atoms with van der Waals surface area (Å²) in [6.45, 7) is 1.86. The van der Waals surface area contributed by atoms with Crippen LogP contribution in [0.5, 0.6) is 0 Å². The zero-order valence-electron chi connectivity index (χ0n) is 12.9. The predicted molar refractivity (Wildman–Crippen MR) is 88.2 cm³/mol. The Bertz CT molecular complexity index is 945. The SMILES string of the molecule is CC1(CC(F)(F)F)Cn2c(nc3ccccc32)-c2c(Cl)cccc21. The van der Waals surface area contributed by atoms with E-state index < -0.39 is 18.0 Å². The van der Waals surface area contributed by atoms with Gasteiger partial charge in [-0.25, -0.2) is 4.98 Å². The molecule has 24 heavy (non-hydrogen) atoms. The molecule has 6 heteroatoms. The van der Waals surface area contributed by atoms with E-state index >= 15 is 0 Å². The average molecular weight is 351 g/mol. The number of nitrogens with zero attached hydrogens (tertiary/aromatic N) is 2. The lowest BCUT2D eigenvalue weighted by atomic mass is 9.74. The fourth-order valence-corrected chi connectivity index (χ4v) is 3.97. The lowest BCUT2D eigenvalue weighted by molar-refractivity contribution is -0.148. The van der Waals surface area contributed by atoms with E-state index in [1.165, 1.54) is 0 Å². The summed E-state index contributed by atoms with van der Waals surface area (Å²) in [6, 6.07) is 12.6. The number of hydrogen-bond donors (Lipinski definition) is 0. The molecule has 1 aliphatic heterocycles. The minimum atomic E-state index is -4.26. The fourth-order valence-electron chi connectivity index (χ4n) is 3.71. The summed E-state index contributed by atoms with van der Waals surface area (Å²) in [4.78, 5) is 4.61. The van der Waals surface area contributed by atoms with E-state index in [1.54, 1.807) is 25.1 Å². The standard InChI is InChI=1S/C18H14ClF3N2/c1-17(9-18(20,21)22)10-24-14-8-3-2-7-13(14)23-16(24)15-11(17)5-4-6-12(15)19/h2-8H,9-10H2,1H3. The molecule has 0 radical (unpaired) electrons. The van der Waals surface area contributed by atoms with Crippen molar-refractivity contribution in [3.05, 3.63) is 53.1 Å². The first-order valence-corrected chi connectivity index (χ1v) is 7.98. The monoisotopic (exact) mass is 350 g/mol. The molecule has 0 spiro atoms. The number of benzene rings is 2. The zero-order valence-corrected chi connectivity index (χ0v) is 13.6. The molecule has 0 amide bonds. The van der Waals surface area contributed by atoms with Crippen LogP contribution in [0, 0.1) is 0 Å². The molecular weight excluding hydrogens is 337 g/mol. The summed E-state index contributed by atoms with van der Waals surface area (Å²) in [6.07, 6.45) is -5.17. The Morgan fingerprint density at radius 3 is 2.67 bits per heavy atom. The van der Waals surface area contributed by atoms with E-state index in [1.807, 2.05) is 28.8 Å². The fraction of sp³-hybridized carbons (Fsp3) is 0.278. The average Bonchev–Trinajstić information content (AvgIpc) is 2.84. The zero-order chi connectivity index (χ0) is 17.1. The molecule has 0 saturated carbocycles. The summed E-state index contributed by atoms with van der Waals surface area (Å²) in [5, 5.41) is 0.428. The molecule has 124 valence electrons. The topological polar surface area (TPSA) is 17.8 Å². The minimum absolute atomic E-state index is 0.218. The third kappa shape index (κ3) is 2.30. The summed E-state index contributed by atoms with van der Waals surface area (Å²) in [7, 11) is 0. The Labute approximate surface area is 141 Å². The van der Waals surface area contributed by atoms with E-state index in [0.717, 1.165) is 11.0 Å². The van der Waals surface area contributed by atoms with Crippen LogP contribution in [0.3, 0.4) is 0 Å². The van der Waals surface area contributed by atoms with Crippen molar-refractivity contribution in [1.29, 1.82) is 0 Å². The van der Waals surface area contributed by atoms with Crippen molar-refractivity contribution in [3.63, 3.8) is 0 Å². The quantitative estimate of drug-likeness (QED) is 0.560. The van der Waals surface area contributed by atoms with Gasteiger partial charge in [0.25, 0.3) is 0 Å². The van der Waals surface area contributed by atoms with Gasteiger partial charge in [-0.2, -0.15) is 13.2 Å². The molecule has 1 aliphatic rings. The number of para-hydroxylation sites is 2. The van der Waals surface area contributed by atoms with Gasteiger partial charge in [0.15, 0.2) is 0 Å². The molecule has 2 heterocycles. The summed E-state index contributed by atoms with van der Waals surface area (Å²) in [5.41, 5.74) is 1.71. The summed E-state index contributed by atoms with van der Waals surface area (Å²) < 4.78 is 41.6. The first-order valence-electron chi connectivity index (χ1n) is 7.60. The van der Waals surface area contributed by atoms with Gasteiger partial charge in [-0.1, -0.05) is 42.8 Å². The van der Waals surface area contributed by atoms with Crippen molar-refractivity contribution in [2.45, 2.75) is 31.5 Å². The van der Waals surface area contributed by atoms with Gasteiger partial charge < -0.3 is 4.57 Å². The van der Waals surface area contributed by atoms with Gasteiger partial charge in [0.05, 0.1) is 22.5 Å². The lowest BCUT2D eigenvalue weighted by Crippen LogP contribution is -2.37. The number of imidazole rings is 1. The molecule has 0 saturated heterocycles. The lowest BCUT2D eigenvalue weighted by Gasteiger charge is -2.37. The van der Waals surface area contributed by atoms with Crippen molar-refractivity contribution < 1.29 is 13.2 Å². The Kier molecular flexibility index (Phi) is 3.23. The molecule has 1 unspecified atom stereocenters. The minimum Gasteiger partial charge on any atom is -0.323 e. The normalized spacial score (nSPS) is 20.0. The van der Waals surface area contributed by atoms with Crippen LogP contribution in [-0.4, -0.2) is 15.7 Å². The number of aromatic nitrogens is 2. The first-order chi connectivity index (χ1) is 11.3. The smallest absolute Gasteiger partial charge is 0.323 e. The highest BCUT2D eigenvalue weighted by molar-refractivity contribution is 6.33. The Balaban J connectivity index is 2.03. The van der Waals surface area contributed by atoms with E-state index in [0.29, 0.717) is 22.0 Å². The molecule has 3 aromatic rings. The highest BCUT2D eigenvalue weighted by atomic mass is 35.5. The van der Waals surface area contributed by atoms with E-state index in [2.05, 4.69) is 4.98 Å². The van der Waals surface area contributed by atoms with Crippen LogP contribution in [0.25, 0.3) is 22.4 Å². The molecule has 1 atom stereocenters. The maximum absolute atomic E-state index is 13.2. The number of hydrogen-bond acceptors (Lipinski definition) is 1. The molecule has 4 rings (SSSR count). The van der Waals surface area contributed by atoms with Crippen molar-refractivity contribution in [1.82, 2.24) is 9.55 Å². The van der Waals surface area contributed by atoms with Crippen LogP contribution in [0.2, 0.25) is 5.02 Å². The van der Waals surface area contributed by atoms with Crippen molar-refractivity contribution in [3.8, 4) is 11.4 Å². The second-order valence-corrected chi connectivity index (χ2v) is 6.93. The van der Waals surface area contributed by atoms with Gasteiger partial charge in [-0.3, -0.25) is 0 Å². The number of fused-ring (bicyclic) bond motifs is 5. The largest absolute Gasteiger partial charge is 0.390 e. The molecule has 1 aromatic heterocycles. The molecule has 2 aromatic carbocycles. The molecule has 0 N–H and O–H groups in total. The third-order valence-corrected chi connectivity index (χ3v) is 4.95. The van der Waals surface area contributed by atoms with Crippen LogP contribution < -0.4 is 0 Å². The molecule has 0 bridgehead atoms. The van der Waals surface area contributed by atoms with Crippen LogP contribution >= 0.6 is 11.6 Å². The Hall–Kier alpha value is -2.01. The van der Waals surface area contributed by atoms with E-state index in [4.69, 9.17) is 11.6 Å². The van der Waals surface area contributed by atoms with Gasteiger partial charge in [-0.05, 0) is 23.8 Å². The predicted octanol–water partition coefficient (Wildman–Crippen LogP) is 5.58. The highest BCUT2D eigenvalue weighted by Gasteiger charge is 2.45.